The van der Waals surface area contributed by atoms with Gasteiger partial charge in [0.15, 0.2) is 0 Å². The molecule has 1 nitrogen and oxygen atoms in total. The van der Waals surface area contributed by atoms with Crippen LogP contribution in [-0.4, -0.2) is 30.9 Å². The van der Waals surface area contributed by atoms with Crippen molar-refractivity contribution < 1.29 is 0 Å². The molecule has 0 bridgehead atoms. The summed E-state index contributed by atoms with van der Waals surface area (Å²) >= 11 is 6.02. The lowest BCUT2D eigenvalue weighted by Crippen LogP contribution is -2.28. The summed E-state index contributed by atoms with van der Waals surface area (Å²) in [5.74, 6) is 0.669. The Morgan fingerprint density at radius 1 is 1.33 bits per heavy atom. The first-order valence-electron chi connectivity index (χ1n) is 7.08. The summed E-state index contributed by atoms with van der Waals surface area (Å²) in [5, 5.41) is 0. The Labute approximate surface area is 119 Å². The zero-order chi connectivity index (χ0) is 14.0. The molecule has 0 heterocycles. The van der Waals surface area contributed by atoms with Gasteiger partial charge in [-0.05, 0) is 46.7 Å². The summed E-state index contributed by atoms with van der Waals surface area (Å²) in [6, 6.07) is 0.465. The van der Waals surface area contributed by atoms with E-state index >= 15 is 0 Å². The summed E-state index contributed by atoms with van der Waals surface area (Å²) in [6.07, 6.45) is 9.61. The van der Waals surface area contributed by atoms with E-state index in [1.807, 2.05) is 0 Å². The van der Waals surface area contributed by atoms with Crippen molar-refractivity contribution in [2.75, 3.05) is 20.0 Å². The molecule has 0 aromatic carbocycles. The molecule has 0 rings (SSSR count). The molecule has 0 saturated heterocycles. The van der Waals surface area contributed by atoms with Gasteiger partial charge in [0.2, 0.25) is 0 Å². The molecule has 0 spiro atoms. The topological polar surface area (TPSA) is 3.24 Å². The molecule has 0 aliphatic rings. The molecule has 1 atom stereocenters. The summed E-state index contributed by atoms with van der Waals surface area (Å²) in [5.41, 5.74) is 2.63. The van der Waals surface area contributed by atoms with Gasteiger partial charge in [-0.2, -0.15) is 0 Å². The minimum atomic E-state index is 0.465. The number of hydrogen-bond acceptors (Lipinski definition) is 1. The van der Waals surface area contributed by atoms with Crippen LogP contribution in [0.5, 0.6) is 0 Å². The highest BCUT2D eigenvalue weighted by Gasteiger charge is 2.12. The first-order chi connectivity index (χ1) is 8.52. The van der Waals surface area contributed by atoms with Gasteiger partial charge >= 0.3 is 0 Å². The SMILES string of the molecule is C=C(C)C(CC/C(=C\CCCCC)CCl)N(C)C. The van der Waals surface area contributed by atoms with Crippen molar-refractivity contribution in [3.8, 4) is 0 Å². The smallest absolute Gasteiger partial charge is 0.0433 e. The summed E-state index contributed by atoms with van der Waals surface area (Å²) in [6.45, 7) is 8.42. The number of likely N-dealkylation sites (N-methyl/N-ethyl adjacent to an activating group) is 1. The molecule has 0 aromatic rings. The summed E-state index contributed by atoms with van der Waals surface area (Å²) in [4.78, 5) is 2.24. The van der Waals surface area contributed by atoms with Crippen LogP contribution < -0.4 is 0 Å². The Kier molecular flexibility index (Phi) is 10.5. The lowest BCUT2D eigenvalue weighted by Gasteiger charge is -2.25. The highest BCUT2D eigenvalue weighted by atomic mass is 35.5. The molecule has 0 aliphatic carbocycles. The Hall–Kier alpha value is -0.270. The van der Waals surface area contributed by atoms with Crippen LogP contribution in [0, 0.1) is 0 Å². The van der Waals surface area contributed by atoms with E-state index in [2.05, 4.69) is 45.5 Å². The first kappa shape index (κ1) is 17.7. The molecule has 1 unspecified atom stereocenters. The maximum atomic E-state index is 6.02. The maximum Gasteiger partial charge on any atom is 0.0433 e. The zero-order valence-electron chi connectivity index (χ0n) is 12.6. The lowest BCUT2D eigenvalue weighted by atomic mass is 10.00. The third kappa shape index (κ3) is 7.94. The third-order valence-electron chi connectivity index (χ3n) is 3.34. The van der Waals surface area contributed by atoms with Gasteiger partial charge in [0.1, 0.15) is 0 Å². The van der Waals surface area contributed by atoms with Crippen molar-refractivity contribution in [1.82, 2.24) is 4.90 Å². The van der Waals surface area contributed by atoms with E-state index in [-0.39, 0.29) is 0 Å². The number of nitrogens with zero attached hydrogens (tertiary/aromatic N) is 1. The van der Waals surface area contributed by atoms with E-state index in [1.54, 1.807) is 0 Å². The summed E-state index contributed by atoms with van der Waals surface area (Å²) < 4.78 is 0. The lowest BCUT2D eigenvalue weighted by molar-refractivity contribution is 0.315. The fourth-order valence-electron chi connectivity index (χ4n) is 2.19. The molecule has 0 aliphatic heterocycles. The zero-order valence-corrected chi connectivity index (χ0v) is 13.4. The van der Waals surface area contributed by atoms with Crippen molar-refractivity contribution in [3.05, 3.63) is 23.8 Å². The maximum absolute atomic E-state index is 6.02. The van der Waals surface area contributed by atoms with E-state index in [0.29, 0.717) is 11.9 Å². The number of alkyl halides is 1. The van der Waals surface area contributed by atoms with E-state index in [9.17, 15) is 0 Å². The standard InChI is InChI=1S/C16H30ClN/c1-6-7-8-9-10-15(13-17)11-12-16(14(2)3)18(4)5/h10,16H,2,6-9,11-13H2,1,3-5H3/b15-10+. The van der Waals surface area contributed by atoms with Gasteiger partial charge < -0.3 is 4.90 Å². The van der Waals surface area contributed by atoms with Gasteiger partial charge in [0, 0.05) is 11.9 Å². The van der Waals surface area contributed by atoms with E-state index < -0.39 is 0 Å². The van der Waals surface area contributed by atoms with Crippen LogP contribution in [0.25, 0.3) is 0 Å². The molecule has 0 N–H and O–H groups in total. The van der Waals surface area contributed by atoms with Gasteiger partial charge in [-0.3, -0.25) is 0 Å². The van der Waals surface area contributed by atoms with Gasteiger partial charge in [-0.1, -0.05) is 43.6 Å². The van der Waals surface area contributed by atoms with Gasteiger partial charge in [-0.15, -0.1) is 11.6 Å². The number of allylic oxidation sites excluding steroid dienone is 2. The number of rotatable bonds is 10. The molecule has 18 heavy (non-hydrogen) atoms. The number of halogens is 1. The fraction of sp³-hybridized carbons (Fsp3) is 0.750. The summed E-state index contributed by atoms with van der Waals surface area (Å²) in [7, 11) is 4.23. The second-order valence-electron chi connectivity index (χ2n) is 5.36. The Morgan fingerprint density at radius 2 is 2.00 bits per heavy atom. The molecular weight excluding hydrogens is 242 g/mol. The van der Waals surface area contributed by atoms with E-state index in [1.165, 1.54) is 36.8 Å². The second kappa shape index (κ2) is 10.6. The Morgan fingerprint density at radius 3 is 2.44 bits per heavy atom. The highest BCUT2D eigenvalue weighted by molar-refractivity contribution is 6.19. The van der Waals surface area contributed by atoms with Crippen LogP contribution >= 0.6 is 11.6 Å². The molecule has 2 heteroatoms. The van der Waals surface area contributed by atoms with Crippen molar-refractivity contribution >= 4 is 11.6 Å². The molecule has 0 radical (unpaired) electrons. The van der Waals surface area contributed by atoms with Crippen LogP contribution in [0.3, 0.4) is 0 Å². The number of hydrogen-bond donors (Lipinski definition) is 0. The average Bonchev–Trinajstić information content (AvgIpc) is 2.31. The van der Waals surface area contributed by atoms with Gasteiger partial charge in [0.25, 0.3) is 0 Å². The van der Waals surface area contributed by atoms with Gasteiger partial charge in [-0.25, -0.2) is 0 Å². The van der Waals surface area contributed by atoms with E-state index in [4.69, 9.17) is 11.6 Å². The quantitative estimate of drug-likeness (QED) is 0.306. The Bertz CT molecular complexity index is 256. The van der Waals surface area contributed by atoms with Crippen LogP contribution in [0.2, 0.25) is 0 Å². The number of unbranched alkanes of at least 4 members (excludes halogenated alkanes) is 3. The van der Waals surface area contributed by atoms with Gasteiger partial charge in [0.05, 0.1) is 0 Å². The highest BCUT2D eigenvalue weighted by Crippen LogP contribution is 2.17. The monoisotopic (exact) mass is 271 g/mol. The van der Waals surface area contributed by atoms with Crippen molar-refractivity contribution in [2.24, 2.45) is 0 Å². The minimum Gasteiger partial charge on any atom is -0.303 e. The van der Waals surface area contributed by atoms with Crippen molar-refractivity contribution in [3.63, 3.8) is 0 Å². The second-order valence-corrected chi connectivity index (χ2v) is 5.62. The third-order valence-corrected chi connectivity index (χ3v) is 3.69. The Balaban J connectivity index is 4.15. The molecule has 0 amide bonds. The normalized spacial score (nSPS) is 14.0. The fourth-order valence-corrected chi connectivity index (χ4v) is 2.43. The van der Waals surface area contributed by atoms with E-state index in [0.717, 1.165) is 12.8 Å². The first-order valence-corrected chi connectivity index (χ1v) is 7.62. The average molecular weight is 272 g/mol. The molecular formula is C16H30ClN. The van der Waals surface area contributed by atoms with Crippen LogP contribution in [0.15, 0.2) is 23.8 Å². The molecule has 0 saturated carbocycles. The van der Waals surface area contributed by atoms with Crippen molar-refractivity contribution in [2.45, 2.75) is 58.4 Å². The molecule has 106 valence electrons. The largest absolute Gasteiger partial charge is 0.303 e. The molecule has 0 aromatic heterocycles. The molecule has 0 fully saturated rings. The van der Waals surface area contributed by atoms with Crippen LogP contribution in [-0.2, 0) is 0 Å². The predicted molar refractivity (Wildman–Crippen MR) is 84.5 cm³/mol. The minimum absolute atomic E-state index is 0.465. The van der Waals surface area contributed by atoms with Crippen molar-refractivity contribution in [1.29, 1.82) is 0 Å². The van der Waals surface area contributed by atoms with Crippen LogP contribution in [0.4, 0.5) is 0 Å². The van der Waals surface area contributed by atoms with Crippen LogP contribution in [0.1, 0.15) is 52.4 Å². The predicted octanol–water partition coefficient (Wildman–Crippen LogP) is 5.02.